The molecule has 0 saturated carbocycles. The first-order valence-corrected chi connectivity index (χ1v) is 4.33. The maximum atomic E-state index is 8.20. The fraction of sp³-hybridized carbons (Fsp3) is 0.833. The Morgan fingerprint density at radius 3 is 2.78 bits per heavy atom. The molecule has 0 radical (unpaired) electrons. The van der Waals surface area contributed by atoms with Gasteiger partial charge in [-0.3, -0.25) is 0 Å². The molecule has 0 aliphatic carbocycles. The first kappa shape index (κ1) is 9.18. The van der Waals surface area contributed by atoms with E-state index >= 15 is 0 Å². The van der Waals surface area contributed by atoms with E-state index in [1.165, 1.54) is 0 Å². The van der Waals surface area contributed by atoms with Crippen LogP contribution in [-0.4, -0.2) is 17.6 Å². The van der Waals surface area contributed by atoms with E-state index in [9.17, 15) is 0 Å². The van der Waals surface area contributed by atoms with Gasteiger partial charge in [-0.2, -0.15) is 5.26 Å². The minimum Gasteiger partial charge on any atom is -0.381 e. The van der Waals surface area contributed by atoms with E-state index < -0.39 is 0 Å². The van der Waals surface area contributed by atoms with Gasteiger partial charge in [-0.25, -0.2) is 0 Å². The molecule has 0 amide bonds. The molecule has 1 atom stereocenters. The molecule has 3 heteroatoms. The third kappa shape index (κ3) is 4.67. The smallest absolute Gasteiger partial charge is 0.0670 e. The van der Waals surface area contributed by atoms with E-state index in [4.69, 9.17) is 10.00 Å². The average Bonchev–Trinajstić information content (AvgIpc) is 1.91. The van der Waals surface area contributed by atoms with Crippen LogP contribution in [0.15, 0.2) is 0 Å². The first-order chi connectivity index (χ1) is 4.35. The Balaban J connectivity index is 3.22. The van der Waals surface area contributed by atoms with Crippen LogP contribution in [0.5, 0.6) is 0 Å². The third-order valence-electron chi connectivity index (χ3n) is 1.08. The highest BCUT2D eigenvalue weighted by atomic mass is 127. The Labute approximate surface area is 69.3 Å². The van der Waals surface area contributed by atoms with Crippen LogP contribution in [0.1, 0.15) is 12.8 Å². The summed E-state index contributed by atoms with van der Waals surface area (Å²) < 4.78 is 6.01. The fourth-order valence-electron chi connectivity index (χ4n) is 0.484. The lowest BCUT2D eigenvalue weighted by Gasteiger charge is -2.07. The van der Waals surface area contributed by atoms with Crippen molar-refractivity contribution >= 4 is 22.6 Å². The SMILES string of the molecule is COC(CI)CCC#N. The number of alkyl halides is 1. The van der Waals surface area contributed by atoms with E-state index in [1.54, 1.807) is 7.11 Å². The zero-order chi connectivity index (χ0) is 7.11. The van der Waals surface area contributed by atoms with Crippen molar-refractivity contribution in [3.8, 4) is 6.07 Å². The molecule has 0 heterocycles. The molecule has 9 heavy (non-hydrogen) atoms. The zero-order valence-electron chi connectivity index (χ0n) is 5.43. The molecule has 52 valence electrons. The van der Waals surface area contributed by atoms with Crippen molar-refractivity contribution in [1.29, 1.82) is 5.26 Å². The van der Waals surface area contributed by atoms with E-state index in [-0.39, 0.29) is 6.10 Å². The molecule has 0 N–H and O–H groups in total. The highest BCUT2D eigenvalue weighted by molar-refractivity contribution is 14.1. The molecular weight excluding hydrogens is 229 g/mol. The number of rotatable bonds is 4. The second kappa shape index (κ2) is 6.30. The Hall–Kier alpha value is 0.180. The van der Waals surface area contributed by atoms with Crippen molar-refractivity contribution in [3.63, 3.8) is 0 Å². The number of hydrogen-bond acceptors (Lipinski definition) is 2. The highest BCUT2D eigenvalue weighted by Gasteiger charge is 2.02. The lowest BCUT2D eigenvalue weighted by molar-refractivity contribution is 0.118. The Morgan fingerprint density at radius 2 is 2.44 bits per heavy atom. The quantitative estimate of drug-likeness (QED) is 0.553. The van der Waals surface area contributed by atoms with Gasteiger partial charge in [-0.1, -0.05) is 22.6 Å². The summed E-state index contributed by atoms with van der Waals surface area (Å²) in [4.78, 5) is 0. The number of nitriles is 1. The third-order valence-corrected chi connectivity index (χ3v) is 2.07. The van der Waals surface area contributed by atoms with Gasteiger partial charge >= 0.3 is 0 Å². The van der Waals surface area contributed by atoms with Crippen molar-refractivity contribution in [2.75, 3.05) is 11.5 Å². The monoisotopic (exact) mass is 239 g/mol. The molecule has 0 fully saturated rings. The fourth-order valence-corrected chi connectivity index (χ4v) is 1.28. The van der Waals surface area contributed by atoms with Crippen molar-refractivity contribution < 1.29 is 4.74 Å². The van der Waals surface area contributed by atoms with E-state index in [0.29, 0.717) is 6.42 Å². The van der Waals surface area contributed by atoms with Crippen molar-refractivity contribution in [2.24, 2.45) is 0 Å². The predicted molar refractivity (Wildman–Crippen MR) is 44.5 cm³/mol. The lowest BCUT2D eigenvalue weighted by Crippen LogP contribution is -2.10. The molecule has 0 aromatic rings. The standard InChI is InChI=1S/C6H10INO/c1-9-6(5-7)3-2-4-8/h6H,2-3,5H2,1H3. The van der Waals surface area contributed by atoms with Crippen LogP contribution < -0.4 is 0 Å². The molecule has 0 saturated heterocycles. The molecule has 0 aliphatic rings. The van der Waals surface area contributed by atoms with E-state index in [1.807, 2.05) is 0 Å². The van der Waals surface area contributed by atoms with Crippen LogP contribution >= 0.6 is 22.6 Å². The normalized spacial score (nSPS) is 12.6. The summed E-state index contributed by atoms with van der Waals surface area (Å²) in [7, 11) is 1.68. The van der Waals surface area contributed by atoms with E-state index in [0.717, 1.165) is 10.8 Å². The summed E-state index contributed by atoms with van der Waals surface area (Å²) in [6.07, 6.45) is 1.72. The molecule has 0 aromatic heterocycles. The minimum absolute atomic E-state index is 0.269. The Bertz CT molecular complexity index is 95.7. The molecular formula is C6H10INO. The average molecular weight is 239 g/mol. The predicted octanol–water partition coefficient (Wildman–Crippen LogP) is 1.74. The molecule has 0 aromatic carbocycles. The Morgan fingerprint density at radius 1 is 1.78 bits per heavy atom. The summed E-state index contributed by atoms with van der Waals surface area (Å²) in [5.74, 6) is 0. The van der Waals surface area contributed by atoms with Gasteiger partial charge in [0, 0.05) is 18.0 Å². The van der Waals surface area contributed by atoms with Gasteiger partial charge in [-0.15, -0.1) is 0 Å². The zero-order valence-corrected chi connectivity index (χ0v) is 7.59. The van der Waals surface area contributed by atoms with Gasteiger partial charge in [0.05, 0.1) is 12.2 Å². The van der Waals surface area contributed by atoms with Gasteiger partial charge < -0.3 is 4.74 Å². The van der Waals surface area contributed by atoms with Crippen LogP contribution in [0.2, 0.25) is 0 Å². The molecule has 0 aliphatic heterocycles. The van der Waals surface area contributed by atoms with Crippen LogP contribution in [0, 0.1) is 11.3 Å². The van der Waals surface area contributed by atoms with Crippen LogP contribution in [-0.2, 0) is 4.74 Å². The van der Waals surface area contributed by atoms with Crippen LogP contribution in [0.3, 0.4) is 0 Å². The van der Waals surface area contributed by atoms with Gasteiger partial charge in [0.15, 0.2) is 0 Å². The number of nitrogens with zero attached hydrogens (tertiary/aromatic N) is 1. The summed E-state index contributed by atoms with van der Waals surface area (Å²) >= 11 is 2.25. The van der Waals surface area contributed by atoms with Crippen molar-refractivity contribution in [2.45, 2.75) is 18.9 Å². The summed E-state index contributed by atoms with van der Waals surface area (Å²) in [5.41, 5.74) is 0. The summed E-state index contributed by atoms with van der Waals surface area (Å²) in [6.45, 7) is 0. The number of methoxy groups -OCH3 is 1. The molecule has 1 unspecified atom stereocenters. The summed E-state index contributed by atoms with van der Waals surface area (Å²) in [6, 6.07) is 2.08. The van der Waals surface area contributed by atoms with Gasteiger partial charge in [0.25, 0.3) is 0 Å². The number of halogens is 1. The maximum Gasteiger partial charge on any atom is 0.0670 e. The molecule has 2 nitrogen and oxygen atoms in total. The first-order valence-electron chi connectivity index (χ1n) is 2.80. The number of hydrogen-bond donors (Lipinski definition) is 0. The second-order valence-electron chi connectivity index (χ2n) is 1.71. The van der Waals surface area contributed by atoms with Crippen molar-refractivity contribution in [1.82, 2.24) is 0 Å². The molecule has 0 bridgehead atoms. The van der Waals surface area contributed by atoms with Crippen molar-refractivity contribution in [3.05, 3.63) is 0 Å². The number of ether oxygens (including phenoxy) is 1. The largest absolute Gasteiger partial charge is 0.381 e. The minimum atomic E-state index is 0.269. The van der Waals surface area contributed by atoms with Gasteiger partial charge in [-0.05, 0) is 6.42 Å². The second-order valence-corrected chi connectivity index (χ2v) is 2.59. The molecule has 0 spiro atoms. The van der Waals surface area contributed by atoms with Crippen LogP contribution in [0.25, 0.3) is 0 Å². The van der Waals surface area contributed by atoms with Gasteiger partial charge in [0.2, 0.25) is 0 Å². The maximum absolute atomic E-state index is 8.20. The van der Waals surface area contributed by atoms with Gasteiger partial charge in [0.1, 0.15) is 0 Å². The lowest BCUT2D eigenvalue weighted by atomic mass is 10.2. The van der Waals surface area contributed by atoms with E-state index in [2.05, 4.69) is 28.7 Å². The topological polar surface area (TPSA) is 33.0 Å². The Kier molecular flexibility index (Phi) is 6.43. The molecule has 0 rings (SSSR count). The summed E-state index contributed by atoms with van der Waals surface area (Å²) in [5, 5.41) is 8.20. The van der Waals surface area contributed by atoms with Crippen LogP contribution in [0.4, 0.5) is 0 Å². The highest BCUT2D eigenvalue weighted by Crippen LogP contribution is 2.03.